The van der Waals surface area contributed by atoms with Gasteiger partial charge in [-0.2, -0.15) is 0 Å². The maximum atomic E-state index is 9.91. The summed E-state index contributed by atoms with van der Waals surface area (Å²) in [6.45, 7) is 2.32. The van der Waals surface area contributed by atoms with Crippen molar-refractivity contribution in [2.24, 2.45) is 0 Å². The summed E-state index contributed by atoms with van der Waals surface area (Å²) in [7, 11) is 0. The SMILES string of the molecule is CCC(CO)(Cc1sccc1Br)c1ccccc1. The lowest BCUT2D eigenvalue weighted by molar-refractivity contribution is 0.187. The smallest absolute Gasteiger partial charge is 0.0531 e. The Hall–Kier alpha value is -0.640. The van der Waals surface area contributed by atoms with E-state index in [0.717, 1.165) is 17.3 Å². The van der Waals surface area contributed by atoms with E-state index in [2.05, 4.69) is 46.4 Å². The fraction of sp³-hybridized carbons (Fsp3) is 0.333. The van der Waals surface area contributed by atoms with E-state index >= 15 is 0 Å². The second-order valence-electron chi connectivity index (χ2n) is 4.53. The fourth-order valence-corrected chi connectivity index (χ4v) is 3.88. The van der Waals surface area contributed by atoms with Gasteiger partial charge in [-0.1, -0.05) is 37.3 Å². The molecule has 0 saturated carbocycles. The Bertz CT molecular complexity index is 488. The van der Waals surface area contributed by atoms with Crippen molar-refractivity contribution in [1.29, 1.82) is 0 Å². The average Bonchev–Trinajstić information content (AvgIpc) is 2.82. The summed E-state index contributed by atoms with van der Waals surface area (Å²) in [5.74, 6) is 0. The Kier molecular flexibility index (Phi) is 4.60. The van der Waals surface area contributed by atoms with Gasteiger partial charge in [0, 0.05) is 14.8 Å². The van der Waals surface area contributed by atoms with Crippen LogP contribution in [0.3, 0.4) is 0 Å². The van der Waals surface area contributed by atoms with Gasteiger partial charge in [0.1, 0.15) is 0 Å². The van der Waals surface area contributed by atoms with E-state index in [1.807, 2.05) is 18.2 Å². The third kappa shape index (κ3) is 2.68. The van der Waals surface area contributed by atoms with Crippen molar-refractivity contribution in [3.8, 4) is 0 Å². The van der Waals surface area contributed by atoms with Crippen LogP contribution in [0.4, 0.5) is 0 Å². The number of aliphatic hydroxyl groups is 1. The number of aliphatic hydroxyl groups excluding tert-OH is 1. The molecule has 1 aromatic heterocycles. The molecule has 1 atom stereocenters. The molecule has 0 spiro atoms. The number of benzene rings is 1. The summed E-state index contributed by atoms with van der Waals surface area (Å²) in [6, 6.07) is 12.4. The highest BCUT2D eigenvalue weighted by molar-refractivity contribution is 9.10. The molecule has 0 aliphatic rings. The summed E-state index contributed by atoms with van der Waals surface area (Å²) < 4.78 is 1.15. The lowest BCUT2D eigenvalue weighted by Gasteiger charge is -2.31. The lowest BCUT2D eigenvalue weighted by Crippen LogP contribution is -2.32. The van der Waals surface area contributed by atoms with Gasteiger partial charge in [0.05, 0.1) is 6.61 Å². The number of rotatable bonds is 5. The Morgan fingerprint density at radius 2 is 1.94 bits per heavy atom. The Labute approximate surface area is 121 Å². The van der Waals surface area contributed by atoms with Gasteiger partial charge in [0.15, 0.2) is 0 Å². The fourth-order valence-electron chi connectivity index (χ4n) is 2.24. The van der Waals surface area contributed by atoms with Crippen molar-refractivity contribution in [3.63, 3.8) is 0 Å². The summed E-state index contributed by atoms with van der Waals surface area (Å²) >= 11 is 5.32. The molecule has 0 amide bonds. The molecule has 1 nitrogen and oxygen atoms in total. The van der Waals surface area contributed by atoms with Crippen molar-refractivity contribution in [2.45, 2.75) is 25.2 Å². The monoisotopic (exact) mass is 324 g/mol. The minimum atomic E-state index is -0.172. The summed E-state index contributed by atoms with van der Waals surface area (Å²) in [4.78, 5) is 1.30. The third-order valence-corrected chi connectivity index (χ3v) is 5.48. The Balaban J connectivity index is 2.36. The van der Waals surface area contributed by atoms with Gasteiger partial charge in [-0.05, 0) is 45.8 Å². The van der Waals surface area contributed by atoms with Crippen LogP contribution in [-0.4, -0.2) is 11.7 Å². The third-order valence-electron chi connectivity index (χ3n) is 3.56. The molecule has 1 heterocycles. The summed E-state index contributed by atoms with van der Waals surface area (Å²) in [5, 5.41) is 12.0. The summed E-state index contributed by atoms with van der Waals surface area (Å²) in [6.07, 6.45) is 1.81. The molecule has 0 aliphatic carbocycles. The van der Waals surface area contributed by atoms with E-state index in [4.69, 9.17) is 0 Å². The van der Waals surface area contributed by atoms with Gasteiger partial charge < -0.3 is 5.11 Å². The van der Waals surface area contributed by atoms with Gasteiger partial charge >= 0.3 is 0 Å². The molecule has 2 aromatic rings. The highest BCUT2D eigenvalue weighted by atomic mass is 79.9. The van der Waals surface area contributed by atoms with E-state index in [1.165, 1.54) is 10.4 Å². The van der Waals surface area contributed by atoms with E-state index < -0.39 is 0 Å². The lowest BCUT2D eigenvalue weighted by atomic mass is 9.76. The number of hydrogen-bond donors (Lipinski definition) is 1. The largest absolute Gasteiger partial charge is 0.395 e. The molecule has 2 rings (SSSR count). The van der Waals surface area contributed by atoms with Crippen LogP contribution in [0.1, 0.15) is 23.8 Å². The molecule has 3 heteroatoms. The zero-order chi connectivity index (χ0) is 13.0. The first-order valence-corrected chi connectivity index (χ1v) is 7.77. The standard InChI is InChI=1S/C15H17BrOS/c1-2-15(11-17,12-6-4-3-5-7-12)10-14-13(16)8-9-18-14/h3-9,17H,2,10-11H2,1H3. The normalized spacial score (nSPS) is 14.4. The van der Waals surface area contributed by atoms with Crippen LogP contribution in [0.5, 0.6) is 0 Å². The second-order valence-corrected chi connectivity index (χ2v) is 6.38. The topological polar surface area (TPSA) is 20.2 Å². The van der Waals surface area contributed by atoms with Crippen molar-refractivity contribution >= 4 is 27.3 Å². The molecule has 96 valence electrons. The van der Waals surface area contributed by atoms with Gasteiger partial charge in [0.25, 0.3) is 0 Å². The molecular formula is C15H17BrOS. The van der Waals surface area contributed by atoms with E-state index in [-0.39, 0.29) is 12.0 Å². The van der Waals surface area contributed by atoms with E-state index in [1.54, 1.807) is 11.3 Å². The van der Waals surface area contributed by atoms with Crippen molar-refractivity contribution in [1.82, 2.24) is 0 Å². The average molecular weight is 325 g/mol. The minimum Gasteiger partial charge on any atom is -0.395 e. The van der Waals surface area contributed by atoms with Crippen LogP contribution < -0.4 is 0 Å². The van der Waals surface area contributed by atoms with Crippen molar-refractivity contribution in [2.75, 3.05) is 6.61 Å². The number of hydrogen-bond acceptors (Lipinski definition) is 2. The van der Waals surface area contributed by atoms with E-state index in [9.17, 15) is 5.11 Å². The summed E-state index contributed by atoms with van der Waals surface area (Å²) in [5.41, 5.74) is 1.05. The molecule has 0 radical (unpaired) electrons. The first-order valence-electron chi connectivity index (χ1n) is 6.10. The first-order chi connectivity index (χ1) is 8.72. The van der Waals surface area contributed by atoms with Gasteiger partial charge in [-0.3, -0.25) is 0 Å². The predicted molar refractivity (Wildman–Crippen MR) is 81.2 cm³/mol. The van der Waals surface area contributed by atoms with Crippen LogP contribution in [-0.2, 0) is 11.8 Å². The molecule has 1 aromatic carbocycles. The van der Waals surface area contributed by atoms with E-state index in [0.29, 0.717) is 0 Å². The van der Waals surface area contributed by atoms with Crippen LogP contribution in [0.2, 0.25) is 0 Å². The maximum Gasteiger partial charge on any atom is 0.0531 e. The van der Waals surface area contributed by atoms with Crippen LogP contribution in [0, 0.1) is 0 Å². The van der Waals surface area contributed by atoms with Crippen molar-refractivity contribution < 1.29 is 5.11 Å². The number of thiophene rings is 1. The first kappa shape index (κ1) is 13.8. The van der Waals surface area contributed by atoms with Crippen LogP contribution in [0.25, 0.3) is 0 Å². The Morgan fingerprint density at radius 1 is 1.22 bits per heavy atom. The molecule has 0 fully saturated rings. The molecule has 0 bridgehead atoms. The highest BCUT2D eigenvalue weighted by Crippen LogP contribution is 2.35. The Morgan fingerprint density at radius 3 is 2.44 bits per heavy atom. The van der Waals surface area contributed by atoms with Gasteiger partial charge in [0.2, 0.25) is 0 Å². The zero-order valence-electron chi connectivity index (χ0n) is 10.4. The highest BCUT2D eigenvalue weighted by Gasteiger charge is 2.30. The zero-order valence-corrected chi connectivity index (χ0v) is 12.8. The van der Waals surface area contributed by atoms with Crippen LogP contribution >= 0.6 is 27.3 Å². The molecule has 0 aliphatic heterocycles. The van der Waals surface area contributed by atoms with Gasteiger partial charge in [-0.15, -0.1) is 11.3 Å². The van der Waals surface area contributed by atoms with Crippen LogP contribution in [0.15, 0.2) is 46.3 Å². The second kappa shape index (κ2) is 6.00. The maximum absolute atomic E-state index is 9.91. The quantitative estimate of drug-likeness (QED) is 0.864. The number of halogens is 1. The molecular weight excluding hydrogens is 308 g/mol. The molecule has 1 N–H and O–H groups in total. The molecule has 18 heavy (non-hydrogen) atoms. The molecule has 0 saturated heterocycles. The van der Waals surface area contributed by atoms with Crippen molar-refractivity contribution in [3.05, 3.63) is 56.7 Å². The predicted octanol–water partition coefficient (Wildman–Crippen LogP) is 4.39. The minimum absolute atomic E-state index is 0.172. The van der Waals surface area contributed by atoms with Gasteiger partial charge in [-0.25, -0.2) is 0 Å². The molecule has 1 unspecified atom stereocenters.